The standard InChI is InChI=1S/C25H27Cl2N3O4/c1-16(31)34-11-9-28-23(32)18-5-3-10-30(15-18)25(14-17-4-2-6-19(26)12-17)21-8-7-20(27)13-22(21)29-24(25)33/h2,4,6-8,12-13,18H,3,5,9-11,14-15H2,1H3,(H,28,32)(H,29,33). The van der Waals surface area contributed by atoms with Crippen LogP contribution in [0.1, 0.15) is 30.9 Å². The zero-order chi connectivity index (χ0) is 24.3. The van der Waals surface area contributed by atoms with Gasteiger partial charge in [0.25, 0.3) is 0 Å². The summed E-state index contributed by atoms with van der Waals surface area (Å²) >= 11 is 12.5. The van der Waals surface area contributed by atoms with Crippen molar-refractivity contribution < 1.29 is 19.1 Å². The second-order valence-corrected chi connectivity index (χ2v) is 9.60. The van der Waals surface area contributed by atoms with E-state index in [0.29, 0.717) is 35.2 Å². The number of esters is 1. The molecule has 4 rings (SSSR count). The Morgan fingerprint density at radius 3 is 2.76 bits per heavy atom. The lowest BCUT2D eigenvalue weighted by Crippen LogP contribution is -2.57. The molecule has 1 saturated heterocycles. The van der Waals surface area contributed by atoms with Crippen molar-refractivity contribution in [2.24, 2.45) is 5.92 Å². The molecule has 180 valence electrons. The van der Waals surface area contributed by atoms with Gasteiger partial charge in [0.15, 0.2) is 0 Å². The Hall–Kier alpha value is -2.61. The van der Waals surface area contributed by atoms with E-state index in [0.717, 1.165) is 24.0 Å². The molecule has 2 atom stereocenters. The number of fused-ring (bicyclic) bond motifs is 1. The van der Waals surface area contributed by atoms with Crippen LogP contribution in [0.5, 0.6) is 0 Å². The van der Waals surface area contributed by atoms with Gasteiger partial charge in [-0.2, -0.15) is 0 Å². The molecule has 0 aromatic heterocycles. The number of anilines is 1. The topological polar surface area (TPSA) is 87.7 Å². The van der Waals surface area contributed by atoms with Crippen molar-refractivity contribution in [1.82, 2.24) is 10.2 Å². The van der Waals surface area contributed by atoms with Crippen LogP contribution in [0.2, 0.25) is 10.0 Å². The summed E-state index contributed by atoms with van der Waals surface area (Å²) in [7, 11) is 0. The Kier molecular flexibility index (Phi) is 7.45. The number of amides is 2. The van der Waals surface area contributed by atoms with Crippen LogP contribution in [0.15, 0.2) is 42.5 Å². The van der Waals surface area contributed by atoms with Crippen LogP contribution in [0.3, 0.4) is 0 Å². The molecule has 7 nitrogen and oxygen atoms in total. The Morgan fingerprint density at radius 1 is 1.21 bits per heavy atom. The summed E-state index contributed by atoms with van der Waals surface area (Å²) in [5.74, 6) is -0.913. The highest BCUT2D eigenvalue weighted by molar-refractivity contribution is 6.31. The van der Waals surface area contributed by atoms with E-state index in [4.69, 9.17) is 27.9 Å². The Morgan fingerprint density at radius 2 is 2.00 bits per heavy atom. The van der Waals surface area contributed by atoms with E-state index in [1.807, 2.05) is 24.3 Å². The predicted molar refractivity (Wildman–Crippen MR) is 131 cm³/mol. The van der Waals surface area contributed by atoms with Gasteiger partial charge in [-0.25, -0.2) is 0 Å². The van der Waals surface area contributed by atoms with E-state index in [9.17, 15) is 14.4 Å². The maximum absolute atomic E-state index is 13.6. The molecule has 2 aliphatic rings. The maximum Gasteiger partial charge on any atom is 0.302 e. The van der Waals surface area contributed by atoms with E-state index >= 15 is 0 Å². The number of ether oxygens (including phenoxy) is 1. The molecule has 1 fully saturated rings. The van der Waals surface area contributed by atoms with E-state index in [1.54, 1.807) is 18.2 Å². The minimum atomic E-state index is -0.985. The highest BCUT2D eigenvalue weighted by Gasteiger charge is 2.52. The molecular weight excluding hydrogens is 477 g/mol. The average Bonchev–Trinajstić information content (AvgIpc) is 3.07. The fourth-order valence-electron chi connectivity index (χ4n) is 4.92. The van der Waals surface area contributed by atoms with Crippen LogP contribution in [0, 0.1) is 5.92 Å². The third-order valence-corrected chi connectivity index (χ3v) is 6.91. The van der Waals surface area contributed by atoms with Crippen molar-refractivity contribution in [3.05, 3.63) is 63.6 Å². The lowest BCUT2D eigenvalue weighted by atomic mass is 9.80. The minimum absolute atomic E-state index is 0.107. The number of nitrogens with one attached hydrogen (secondary N) is 2. The second-order valence-electron chi connectivity index (χ2n) is 8.73. The van der Waals surface area contributed by atoms with Crippen LogP contribution in [-0.4, -0.2) is 48.9 Å². The van der Waals surface area contributed by atoms with Gasteiger partial charge in [0.2, 0.25) is 11.8 Å². The summed E-state index contributed by atoms with van der Waals surface area (Å²) in [6.45, 7) is 2.82. The van der Waals surface area contributed by atoms with Gasteiger partial charge >= 0.3 is 5.97 Å². The first-order valence-electron chi connectivity index (χ1n) is 11.3. The quantitative estimate of drug-likeness (QED) is 0.443. The number of carbonyl (C=O) groups is 3. The van der Waals surface area contributed by atoms with Crippen LogP contribution in [-0.2, 0) is 31.1 Å². The molecule has 2 aromatic rings. The maximum atomic E-state index is 13.6. The number of hydrogen-bond acceptors (Lipinski definition) is 5. The number of benzene rings is 2. The highest BCUT2D eigenvalue weighted by atomic mass is 35.5. The van der Waals surface area contributed by atoms with Crippen molar-refractivity contribution in [3.63, 3.8) is 0 Å². The molecule has 2 aromatic carbocycles. The Bertz CT molecular complexity index is 1110. The number of nitrogens with zero attached hydrogens (tertiary/aromatic N) is 1. The van der Waals surface area contributed by atoms with Crippen molar-refractivity contribution in [1.29, 1.82) is 0 Å². The van der Waals surface area contributed by atoms with Crippen molar-refractivity contribution in [2.75, 3.05) is 31.6 Å². The minimum Gasteiger partial charge on any atom is -0.464 e. The molecular formula is C25H27Cl2N3O4. The van der Waals surface area contributed by atoms with Crippen LogP contribution in [0.4, 0.5) is 5.69 Å². The molecule has 2 amide bonds. The normalized spacial score (nSPS) is 22.1. The monoisotopic (exact) mass is 503 g/mol. The number of carbonyl (C=O) groups excluding carboxylic acids is 3. The smallest absolute Gasteiger partial charge is 0.302 e. The summed E-state index contributed by atoms with van der Waals surface area (Å²) in [5.41, 5.74) is 1.48. The number of likely N-dealkylation sites (tertiary alicyclic amines) is 1. The summed E-state index contributed by atoms with van der Waals surface area (Å²) in [6, 6.07) is 12.9. The molecule has 2 heterocycles. The van der Waals surface area contributed by atoms with Gasteiger partial charge in [0.05, 0.1) is 12.5 Å². The summed E-state index contributed by atoms with van der Waals surface area (Å²) in [6.07, 6.45) is 1.91. The first kappa shape index (κ1) is 24.5. The summed E-state index contributed by atoms with van der Waals surface area (Å²) in [5, 5.41) is 7.00. The predicted octanol–water partition coefficient (Wildman–Crippen LogP) is 3.77. The van der Waals surface area contributed by atoms with Gasteiger partial charge in [0.1, 0.15) is 12.1 Å². The molecule has 9 heteroatoms. The molecule has 34 heavy (non-hydrogen) atoms. The number of piperidine rings is 1. The molecule has 0 bridgehead atoms. The van der Waals surface area contributed by atoms with E-state index in [2.05, 4.69) is 15.5 Å². The highest BCUT2D eigenvalue weighted by Crippen LogP contribution is 2.45. The molecule has 0 aliphatic carbocycles. The van der Waals surface area contributed by atoms with Crippen molar-refractivity contribution in [2.45, 2.75) is 31.7 Å². The molecule has 2 aliphatic heterocycles. The number of halogens is 2. The van der Waals surface area contributed by atoms with Crippen LogP contribution < -0.4 is 10.6 Å². The van der Waals surface area contributed by atoms with E-state index in [1.165, 1.54) is 6.92 Å². The molecule has 2 N–H and O–H groups in total. The first-order valence-corrected chi connectivity index (χ1v) is 12.1. The van der Waals surface area contributed by atoms with E-state index < -0.39 is 5.54 Å². The SMILES string of the molecule is CC(=O)OCCNC(=O)C1CCCN(C2(Cc3cccc(Cl)c3)C(=O)Nc3cc(Cl)ccc32)C1. The third kappa shape index (κ3) is 5.06. The van der Waals surface area contributed by atoms with Crippen molar-refractivity contribution in [3.8, 4) is 0 Å². The summed E-state index contributed by atoms with van der Waals surface area (Å²) < 4.78 is 4.90. The second kappa shape index (κ2) is 10.3. The molecule has 2 unspecified atom stereocenters. The van der Waals surface area contributed by atoms with Gasteiger partial charge in [0, 0.05) is 41.2 Å². The third-order valence-electron chi connectivity index (χ3n) is 6.44. The molecule has 0 spiro atoms. The number of hydrogen-bond donors (Lipinski definition) is 2. The van der Waals surface area contributed by atoms with Gasteiger partial charge in [-0.1, -0.05) is 41.4 Å². The van der Waals surface area contributed by atoms with Crippen molar-refractivity contribution >= 4 is 46.7 Å². The average molecular weight is 504 g/mol. The van der Waals surface area contributed by atoms with Gasteiger partial charge in [-0.3, -0.25) is 19.3 Å². The lowest BCUT2D eigenvalue weighted by Gasteiger charge is -2.44. The Balaban J connectivity index is 1.62. The van der Waals surface area contributed by atoms with Crippen LogP contribution in [0.25, 0.3) is 0 Å². The largest absolute Gasteiger partial charge is 0.464 e. The van der Waals surface area contributed by atoms with Gasteiger partial charge < -0.3 is 15.4 Å². The van der Waals surface area contributed by atoms with Crippen LogP contribution >= 0.6 is 23.2 Å². The summed E-state index contributed by atoms with van der Waals surface area (Å²) in [4.78, 5) is 39.6. The lowest BCUT2D eigenvalue weighted by molar-refractivity contribution is -0.141. The van der Waals surface area contributed by atoms with Gasteiger partial charge in [-0.05, 0) is 49.2 Å². The number of rotatable bonds is 7. The zero-order valence-corrected chi connectivity index (χ0v) is 20.4. The zero-order valence-electron chi connectivity index (χ0n) is 18.9. The molecule has 0 radical (unpaired) electrons. The van der Waals surface area contributed by atoms with E-state index in [-0.39, 0.29) is 36.9 Å². The fourth-order valence-corrected chi connectivity index (χ4v) is 5.31. The Labute approximate surface area is 208 Å². The fraction of sp³-hybridized carbons (Fsp3) is 0.400. The van der Waals surface area contributed by atoms with Gasteiger partial charge in [-0.15, -0.1) is 0 Å². The molecule has 0 saturated carbocycles. The first-order chi connectivity index (χ1) is 16.3.